The highest BCUT2D eigenvalue weighted by Gasteiger charge is 2.19. The molecule has 3 aromatic rings. The zero-order valence-corrected chi connectivity index (χ0v) is 19.7. The topological polar surface area (TPSA) is 139 Å². The zero-order chi connectivity index (χ0) is 25.4. The van der Waals surface area contributed by atoms with Crippen molar-refractivity contribution >= 4 is 33.2 Å². The lowest BCUT2D eigenvalue weighted by Crippen LogP contribution is -2.29. The lowest BCUT2D eigenvalue weighted by Gasteiger charge is -2.19. The molecule has 3 aromatic carbocycles. The van der Waals surface area contributed by atoms with Crippen LogP contribution in [0.1, 0.15) is 22.3 Å². The van der Waals surface area contributed by atoms with Crippen LogP contribution in [0.2, 0.25) is 0 Å². The second-order valence-electron chi connectivity index (χ2n) is 7.64. The van der Waals surface area contributed by atoms with Crippen molar-refractivity contribution in [2.75, 3.05) is 18.9 Å². The van der Waals surface area contributed by atoms with E-state index in [1.807, 2.05) is 30.3 Å². The maximum Gasteiger partial charge on any atom is 0.269 e. The third-order valence-electron chi connectivity index (χ3n) is 5.04. The van der Waals surface area contributed by atoms with Crippen molar-refractivity contribution in [3.63, 3.8) is 0 Å². The van der Waals surface area contributed by atoms with Gasteiger partial charge in [-0.25, -0.2) is 13.1 Å². The van der Waals surface area contributed by atoms with Crippen LogP contribution >= 0.6 is 0 Å². The van der Waals surface area contributed by atoms with Gasteiger partial charge in [0.05, 0.1) is 21.1 Å². The molecule has 10 nitrogen and oxygen atoms in total. The van der Waals surface area contributed by atoms with Crippen LogP contribution in [-0.2, 0) is 21.4 Å². The molecule has 0 atom stereocenters. The summed E-state index contributed by atoms with van der Waals surface area (Å²) in [5, 5.41) is 13.4. The number of nitrogens with zero attached hydrogens (tertiary/aromatic N) is 2. The minimum atomic E-state index is -3.95. The van der Waals surface area contributed by atoms with E-state index in [1.165, 1.54) is 0 Å². The van der Waals surface area contributed by atoms with Crippen LogP contribution < -0.4 is 10.0 Å². The number of carbonyl (C=O) groups excluding carboxylic acids is 2. The van der Waals surface area contributed by atoms with Crippen molar-refractivity contribution in [2.24, 2.45) is 0 Å². The number of anilines is 1. The molecular formula is C24H24N4O6S. The molecule has 2 N–H and O–H groups in total. The van der Waals surface area contributed by atoms with E-state index in [4.69, 9.17) is 0 Å². The predicted molar refractivity (Wildman–Crippen MR) is 130 cm³/mol. The first-order chi connectivity index (χ1) is 16.7. The first kappa shape index (κ1) is 25.5. The number of nitro benzene ring substituents is 1. The van der Waals surface area contributed by atoms with Crippen molar-refractivity contribution < 1.29 is 22.9 Å². The first-order valence-corrected chi connectivity index (χ1v) is 12.1. The monoisotopic (exact) mass is 496 g/mol. The Morgan fingerprint density at radius 2 is 1.57 bits per heavy atom. The van der Waals surface area contributed by atoms with Crippen molar-refractivity contribution in [2.45, 2.75) is 17.9 Å². The van der Waals surface area contributed by atoms with Gasteiger partial charge in [0.25, 0.3) is 11.6 Å². The molecule has 0 spiro atoms. The third-order valence-corrected chi connectivity index (χ3v) is 6.52. The molecule has 2 amide bonds. The number of carbonyl (C=O) groups is 2. The summed E-state index contributed by atoms with van der Waals surface area (Å²) < 4.78 is 27.0. The fourth-order valence-electron chi connectivity index (χ4n) is 3.26. The molecule has 35 heavy (non-hydrogen) atoms. The van der Waals surface area contributed by atoms with Crippen LogP contribution in [0.3, 0.4) is 0 Å². The fourth-order valence-corrected chi connectivity index (χ4v) is 4.29. The van der Waals surface area contributed by atoms with Crippen LogP contribution in [0.4, 0.5) is 11.4 Å². The Kier molecular flexibility index (Phi) is 8.29. The Labute approximate surface area is 202 Å². The average molecular weight is 497 g/mol. The Morgan fingerprint density at radius 1 is 0.943 bits per heavy atom. The normalized spacial score (nSPS) is 11.0. The van der Waals surface area contributed by atoms with Crippen molar-refractivity contribution in [1.82, 2.24) is 9.62 Å². The van der Waals surface area contributed by atoms with Gasteiger partial charge in [0, 0.05) is 38.7 Å². The smallest absolute Gasteiger partial charge is 0.269 e. The van der Waals surface area contributed by atoms with Crippen molar-refractivity contribution in [3.05, 3.63) is 100 Å². The Hall–Kier alpha value is -4.09. The summed E-state index contributed by atoms with van der Waals surface area (Å²) in [5.74, 6) is -0.758. The minimum Gasteiger partial charge on any atom is -0.337 e. The van der Waals surface area contributed by atoms with Crippen molar-refractivity contribution in [1.29, 1.82) is 0 Å². The molecule has 0 fully saturated rings. The molecule has 0 aromatic heterocycles. The molecule has 0 saturated heterocycles. The molecule has 0 radical (unpaired) electrons. The molecule has 0 aliphatic heterocycles. The standard InChI is InChI=1S/C24H24N4O6S/c1-27(17-18-7-3-2-4-8-18)24(30)21-9-5-6-10-22(21)26-23(29)15-16-25-35(33,34)20-13-11-19(12-14-20)28(31)32/h2-14,25H,15-17H2,1H3,(H,26,29). The molecule has 3 rings (SSSR count). The van der Waals surface area contributed by atoms with E-state index in [0.717, 1.165) is 29.8 Å². The van der Waals surface area contributed by atoms with E-state index in [-0.39, 0.29) is 29.5 Å². The number of rotatable bonds is 10. The largest absolute Gasteiger partial charge is 0.337 e. The predicted octanol–water partition coefficient (Wildman–Crippen LogP) is 3.17. The minimum absolute atomic E-state index is 0.152. The molecule has 0 saturated carbocycles. The molecule has 0 aliphatic rings. The van der Waals surface area contributed by atoms with E-state index in [2.05, 4.69) is 10.0 Å². The Balaban J connectivity index is 1.58. The maximum atomic E-state index is 13.0. The number of sulfonamides is 1. The number of benzene rings is 3. The summed E-state index contributed by atoms with van der Waals surface area (Å²) >= 11 is 0. The quantitative estimate of drug-likeness (QED) is 0.327. The second kappa shape index (κ2) is 11.4. The second-order valence-corrected chi connectivity index (χ2v) is 9.41. The summed E-state index contributed by atoms with van der Waals surface area (Å²) in [6.45, 7) is 0.196. The number of nitrogens with one attached hydrogen (secondary N) is 2. The molecule has 0 unspecified atom stereocenters. The van der Waals surface area contributed by atoms with Gasteiger partial charge in [0.1, 0.15) is 0 Å². The van der Waals surface area contributed by atoms with Gasteiger partial charge in [-0.05, 0) is 29.8 Å². The van der Waals surface area contributed by atoms with E-state index in [9.17, 15) is 28.1 Å². The number of non-ortho nitro benzene ring substituents is 1. The van der Waals surface area contributed by atoms with Crippen LogP contribution in [0, 0.1) is 10.1 Å². The SMILES string of the molecule is CN(Cc1ccccc1)C(=O)c1ccccc1NC(=O)CCNS(=O)(=O)c1ccc([N+](=O)[O-])cc1. The molecule has 0 heterocycles. The van der Waals surface area contributed by atoms with Gasteiger partial charge in [-0.3, -0.25) is 19.7 Å². The highest BCUT2D eigenvalue weighted by atomic mass is 32.2. The van der Waals surface area contributed by atoms with Gasteiger partial charge < -0.3 is 10.2 Å². The number of hydrogen-bond donors (Lipinski definition) is 2. The fraction of sp³-hybridized carbons (Fsp3) is 0.167. The highest BCUT2D eigenvalue weighted by Crippen LogP contribution is 2.19. The molecular weight excluding hydrogens is 472 g/mol. The Bertz CT molecular complexity index is 1310. The van der Waals surface area contributed by atoms with Crippen LogP contribution in [0.5, 0.6) is 0 Å². The van der Waals surface area contributed by atoms with E-state index in [1.54, 1.807) is 36.2 Å². The summed E-state index contributed by atoms with van der Waals surface area (Å²) in [6, 6.07) is 20.5. The van der Waals surface area contributed by atoms with Gasteiger partial charge in [0.2, 0.25) is 15.9 Å². The van der Waals surface area contributed by atoms with Crippen LogP contribution in [-0.4, -0.2) is 43.6 Å². The summed E-state index contributed by atoms with van der Waals surface area (Å²) in [6.07, 6.45) is -0.186. The molecule has 11 heteroatoms. The third kappa shape index (κ3) is 6.95. The van der Waals surface area contributed by atoms with Gasteiger partial charge in [-0.2, -0.15) is 0 Å². The first-order valence-electron chi connectivity index (χ1n) is 10.6. The van der Waals surface area contributed by atoms with Gasteiger partial charge in [-0.1, -0.05) is 42.5 Å². The highest BCUT2D eigenvalue weighted by molar-refractivity contribution is 7.89. The summed E-state index contributed by atoms with van der Waals surface area (Å²) in [4.78, 5) is 36.9. The molecule has 0 bridgehead atoms. The van der Waals surface area contributed by atoms with Crippen LogP contribution in [0.25, 0.3) is 0 Å². The number of nitro groups is 1. The van der Waals surface area contributed by atoms with Gasteiger partial charge >= 0.3 is 0 Å². The number of hydrogen-bond acceptors (Lipinski definition) is 6. The average Bonchev–Trinajstić information content (AvgIpc) is 2.84. The maximum absolute atomic E-state index is 13.0. The summed E-state index contributed by atoms with van der Waals surface area (Å²) in [7, 11) is -2.28. The molecule has 0 aliphatic carbocycles. The lowest BCUT2D eigenvalue weighted by molar-refractivity contribution is -0.384. The summed E-state index contributed by atoms with van der Waals surface area (Å²) in [5.41, 5.74) is 1.36. The Morgan fingerprint density at radius 3 is 2.23 bits per heavy atom. The van der Waals surface area contributed by atoms with E-state index >= 15 is 0 Å². The van der Waals surface area contributed by atoms with Gasteiger partial charge in [0.15, 0.2) is 0 Å². The lowest BCUT2D eigenvalue weighted by atomic mass is 10.1. The number of para-hydroxylation sites is 1. The zero-order valence-electron chi connectivity index (χ0n) is 18.9. The van der Waals surface area contributed by atoms with Gasteiger partial charge in [-0.15, -0.1) is 0 Å². The van der Waals surface area contributed by atoms with E-state index in [0.29, 0.717) is 17.8 Å². The van der Waals surface area contributed by atoms with Crippen molar-refractivity contribution in [3.8, 4) is 0 Å². The van der Waals surface area contributed by atoms with Crippen LogP contribution in [0.15, 0.2) is 83.8 Å². The van der Waals surface area contributed by atoms with E-state index < -0.39 is 20.9 Å². The molecule has 182 valence electrons. The number of amides is 2.